The summed E-state index contributed by atoms with van der Waals surface area (Å²) >= 11 is 0. The van der Waals surface area contributed by atoms with Crippen molar-refractivity contribution in [3.8, 4) is 11.8 Å². The minimum atomic E-state index is -0.334. The van der Waals surface area contributed by atoms with Gasteiger partial charge in [0.25, 0.3) is 0 Å². The molecule has 7 heteroatoms. The summed E-state index contributed by atoms with van der Waals surface area (Å²) in [5, 5.41) is 15.3. The van der Waals surface area contributed by atoms with Gasteiger partial charge in [-0.1, -0.05) is 37.1 Å². The zero-order valence-corrected chi connectivity index (χ0v) is 16.1. The van der Waals surface area contributed by atoms with Crippen molar-refractivity contribution in [3.63, 3.8) is 0 Å². The summed E-state index contributed by atoms with van der Waals surface area (Å²) in [6, 6.07) is 13.4. The summed E-state index contributed by atoms with van der Waals surface area (Å²) in [6.45, 7) is 0. The Morgan fingerprint density at radius 2 is 1.97 bits per heavy atom. The number of nitrogen functional groups attached to an aromatic ring is 1. The van der Waals surface area contributed by atoms with E-state index in [-0.39, 0.29) is 29.0 Å². The largest absolute Gasteiger partial charge is 0.496 e. The van der Waals surface area contributed by atoms with Gasteiger partial charge in [-0.25, -0.2) is 0 Å². The van der Waals surface area contributed by atoms with E-state index in [1.165, 1.54) is 18.0 Å². The molecule has 1 aliphatic rings. The number of fused-ring (bicyclic) bond motifs is 1. The SMILES string of the molecule is COc1cc2ccccc2cc1C(=O)/C(=N\C1CCCC1)n1ncc(C#N)c1N. The number of hydrogen-bond acceptors (Lipinski definition) is 6. The van der Waals surface area contributed by atoms with E-state index < -0.39 is 0 Å². The van der Waals surface area contributed by atoms with Crippen LogP contribution in [0.25, 0.3) is 10.8 Å². The van der Waals surface area contributed by atoms with Gasteiger partial charge in [-0.05, 0) is 35.7 Å². The molecule has 1 saturated carbocycles. The third-order valence-electron chi connectivity index (χ3n) is 5.27. The minimum Gasteiger partial charge on any atom is -0.496 e. The fourth-order valence-corrected chi connectivity index (χ4v) is 3.71. The lowest BCUT2D eigenvalue weighted by Crippen LogP contribution is -2.28. The first-order chi connectivity index (χ1) is 14.1. The van der Waals surface area contributed by atoms with Crippen molar-refractivity contribution in [1.82, 2.24) is 9.78 Å². The number of carbonyl (C=O) groups is 1. The molecule has 0 radical (unpaired) electrons. The summed E-state index contributed by atoms with van der Waals surface area (Å²) in [6.07, 6.45) is 5.33. The second-order valence-electron chi connectivity index (χ2n) is 7.09. The highest BCUT2D eigenvalue weighted by molar-refractivity contribution is 6.46. The quantitative estimate of drug-likeness (QED) is 0.418. The second-order valence-corrected chi connectivity index (χ2v) is 7.09. The Morgan fingerprint density at radius 1 is 1.28 bits per heavy atom. The van der Waals surface area contributed by atoms with Crippen LogP contribution in [0.4, 0.5) is 5.82 Å². The van der Waals surface area contributed by atoms with Crippen LogP contribution in [-0.4, -0.2) is 34.6 Å². The third-order valence-corrected chi connectivity index (χ3v) is 5.27. The van der Waals surface area contributed by atoms with Gasteiger partial charge in [0.15, 0.2) is 5.84 Å². The number of aromatic nitrogens is 2. The van der Waals surface area contributed by atoms with Crippen LogP contribution >= 0.6 is 0 Å². The highest BCUT2D eigenvalue weighted by Gasteiger charge is 2.26. The minimum absolute atomic E-state index is 0.0366. The Hall–Kier alpha value is -3.66. The van der Waals surface area contributed by atoms with Crippen molar-refractivity contribution >= 4 is 28.2 Å². The summed E-state index contributed by atoms with van der Waals surface area (Å²) in [5.41, 5.74) is 6.68. The number of rotatable bonds is 4. The summed E-state index contributed by atoms with van der Waals surface area (Å²) in [5.74, 6) is 0.347. The molecular weight excluding hydrogens is 366 g/mol. The molecule has 0 amide bonds. The first-order valence-corrected chi connectivity index (χ1v) is 9.55. The van der Waals surface area contributed by atoms with Gasteiger partial charge < -0.3 is 10.5 Å². The molecule has 146 valence electrons. The molecule has 0 unspecified atom stereocenters. The molecule has 2 aromatic carbocycles. The number of nitrogens with two attached hydrogens (primary N) is 1. The van der Waals surface area contributed by atoms with Crippen LogP contribution in [0.1, 0.15) is 41.6 Å². The smallest absolute Gasteiger partial charge is 0.233 e. The van der Waals surface area contributed by atoms with Crippen molar-refractivity contribution < 1.29 is 9.53 Å². The number of nitrogens with zero attached hydrogens (tertiary/aromatic N) is 4. The van der Waals surface area contributed by atoms with Gasteiger partial charge in [0.1, 0.15) is 23.2 Å². The monoisotopic (exact) mass is 387 g/mol. The average Bonchev–Trinajstić information content (AvgIpc) is 3.39. The number of methoxy groups -OCH3 is 1. The van der Waals surface area contributed by atoms with E-state index in [4.69, 9.17) is 15.5 Å². The van der Waals surface area contributed by atoms with Crippen LogP contribution in [0.15, 0.2) is 47.6 Å². The molecule has 0 atom stereocenters. The first kappa shape index (κ1) is 18.7. The van der Waals surface area contributed by atoms with Crippen molar-refractivity contribution in [2.24, 2.45) is 4.99 Å². The van der Waals surface area contributed by atoms with Crippen LogP contribution in [0.3, 0.4) is 0 Å². The van der Waals surface area contributed by atoms with Gasteiger partial charge in [0.2, 0.25) is 5.78 Å². The summed E-state index contributed by atoms with van der Waals surface area (Å²) in [7, 11) is 1.53. The number of nitriles is 1. The fraction of sp³-hybridized carbons (Fsp3) is 0.273. The van der Waals surface area contributed by atoms with Crippen molar-refractivity contribution in [3.05, 3.63) is 53.7 Å². The average molecular weight is 387 g/mol. The molecule has 1 heterocycles. The predicted molar refractivity (Wildman–Crippen MR) is 111 cm³/mol. The molecule has 0 spiro atoms. The maximum absolute atomic E-state index is 13.6. The second kappa shape index (κ2) is 7.76. The number of ether oxygens (including phenoxy) is 1. The Balaban J connectivity index is 1.86. The zero-order chi connectivity index (χ0) is 20.4. The Labute approximate surface area is 168 Å². The third kappa shape index (κ3) is 3.45. The molecule has 1 aliphatic carbocycles. The molecule has 7 nitrogen and oxygen atoms in total. The van der Waals surface area contributed by atoms with Gasteiger partial charge in [-0.3, -0.25) is 9.79 Å². The molecule has 1 aromatic heterocycles. The van der Waals surface area contributed by atoms with E-state index in [1.54, 1.807) is 6.07 Å². The van der Waals surface area contributed by atoms with Crippen molar-refractivity contribution in [1.29, 1.82) is 5.26 Å². The lowest BCUT2D eigenvalue weighted by atomic mass is 10.0. The van der Waals surface area contributed by atoms with E-state index in [0.29, 0.717) is 11.3 Å². The number of aliphatic imine (C=N–C) groups is 1. The standard InChI is InChI=1S/C22H21N5O2/c1-29-19-11-15-7-3-2-6-14(15)10-18(19)20(28)22(26-17-8-4-5-9-17)27-21(24)16(12-23)13-25-27/h2-3,6-7,10-11,13,17H,4-5,8-9,24H2,1H3/b26-22+. The topological polar surface area (TPSA) is 106 Å². The van der Waals surface area contributed by atoms with Gasteiger partial charge >= 0.3 is 0 Å². The van der Waals surface area contributed by atoms with Gasteiger partial charge in [-0.15, -0.1) is 0 Å². The maximum atomic E-state index is 13.6. The Morgan fingerprint density at radius 3 is 2.59 bits per heavy atom. The molecule has 4 rings (SSSR count). The van der Waals surface area contributed by atoms with E-state index >= 15 is 0 Å². The van der Waals surface area contributed by atoms with Gasteiger partial charge in [0.05, 0.1) is 24.9 Å². The van der Waals surface area contributed by atoms with Gasteiger partial charge in [-0.2, -0.15) is 15.0 Å². The predicted octanol–water partition coefficient (Wildman–Crippen LogP) is 3.57. The van der Waals surface area contributed by atoms with Crippen LogP contribution in [0.2, 0.25) is 0 Å². The molecule has 1 fully saturated rings. The molecule has 0 bridgehead atoms. The number of Topliss-reactive ketones (excluding diaryl/α,β-unsaturated/α-hetero) is 1. The number of hydrogen-bond donors (Lipinski definition) is 1. The summed E-state index contributed by atoms with van der Waals surface area (Å²) in [4.78, 5) is 18.3. The lowest BCUT2D eigenvalue weighted by molar-refractivity contribution is 0.105. The number of anilines is 1. The number of benzene rings is 2. The molecule has 3 aromatic rings. The highest BCUT2D eigenvalue weighted by Crippen LogP contribution is 2.28. The van der Waals surface area contributed by atoms with Crippen molar-refractivity contribution in [2.75, 3.05) is 12.8 Å². The van der Waals surface area contributed by atoms with E-state index in [2.05, 4.69) is 5.10 Å². The zero-order valence-electron chi connectivity index (χ0n) is 16.1. The summed E-state index contributed by atoms with van der Waals surface area (Å²) < 4.78 is 6.77. The fourth-order valence-electron chi connectivity index (χ4n) is 3.71. The van der Waals surface area contributed by atoms with E-state index in [0.717, 1.165) is 36.5 Å². The van der Waals surface area contributed by atoms with Crippen LogP contribution in [0.5, 0.6) is 5.75 Å². The molecule has 0 aliphatic heterocycles. The normalized spacial score (nSPS) is 14.8. The van der Waals surface area contributed by atoms with Crippen LogP contribution < -0.4 is 10.5 Å². The molecular formula is C22H21N5O2. The number of carbonyl (C=O) groups excluding carboxylic acids is 1. The van der Waals surface area contributed by atoms with Crippen LogP contribution in [0, 0.1) is 11.3 Å². The first-order valence-electron chi connectivity index (χ1n) is 9.55. The molecule has 29 heavy (non-hydrogen) atoms. The van der Waals surface area contributed by atoms with Gasteiger partial charge in [0, 0.05) is 0 Å². The van der Waals surface area contributed by atoms with E-state index in [9.17, 15) is 10.1 Å². The Kier molecular flexibility index (Phi) is 5.00. The molecule has 0 saturated heterocycles. The van der Waals surface area contributed by atoms with Crippen LogP contribution in [-0.2, 0) is 0 Å². The lowest BCUT2D eigenvalue weighted by Gasteiger charge is -2.14. The maximum Gasteiger partial charge on any atom is 0.233 e. The molecule has 2 N–H and O–H groups in total. The Bertz CT molecular complexity index is 1150. The van der Waals surface area contributed by atoms with Crippen molar-refractivity contribution in [2.45, 2.75) is 31.7 Å². The number of ketones is 1. The highest BCUT2D eigenvalue weighted by atomic mass is 16.5. The van der Waals surface area contributed by atoms with E-state index in [1.807, 2.05) is 36.4 Å².